The van der Waals surface area contributed by atoms with Gasteiger partial charge in [-0.15, -0.1) is 35.3 Å². The molecular formula is C23H37IN6S. The molecule has 0 saturated carbocycles. The average Bonchev–Trinajstić information content (AvgIpc) is 3.24. The molecule has 1 unspecified atom stereocenters. The molecule has 2 aromatic rings. The molecule has 0 amide bonds. The number of benzene rings is 1. The van der Waals surface area contributed by atoms with Crippen LogP contribution in [0.1, 0.15) is 34.8 Å². The zero-order chi connectivity index (χ0) is 21.2. The minimum atomic E-state index is 0. The molecule has 31 heavy (non-hydrogen) atoms. The Morgan fingerprint density at radius 1 is 1.19 bits per heavy atom. The molecule has 2 N–H and O–H groups in total. The van der Waals surface area contributed by atoms with Crippen molar-refractivity contribution in [2.45, 2.75) is 32.2 Å². The largest absolute Gasteiger partial charge is 0.356 e. The number of nitrogens with one attached hydrogen (secondary N) is 2. The summed E-state index contributed by atoms with van der Waals surface area (Å²) in [6.45, 7) is 8.39. The Labute approximate surface area is 208 Å². The summed E-state index contributed by atoms with van der Waals surface area (Å²) < 4.78 is 0. The van der Waals surface area contributed by atoms with E-state index in [1.807, 2.05) is 24.6 Å². The van der Waals surface area contributed by atoms with Crippen molar-refractivity contribution in [3.8, 4) is 0 Å². The molecule has 3 rings (SSSR count). The Kier molecular flexibility index (Phi) is 11.8. The minimum Gasteiger partial charge on any atom is -0.356 e. The number of nitrogens with zero attached hydrogens (tertiary/aromatic N) is 4. The third-order valence-corrected chi connectivity index (χ3v) is 6.80. The lowest BCUT2D eigenvalue weighted by Crippen LogP contribution is -2.47. The first-order chi connectivity index (χ1) is 14.7. The summed E-state index contributed by atoms with van der Waals surface area (Å²) in [7, 11) is 4.05. The molecule has 1 aliphatic rings. The summed E-state index contributed by atoms with van der Waals surface area (Å²) in [6.07, 6.45) is 5.09. The van der Waals surface area contributed by atoms with Gasteiger partial charge in [0, 0.05) is 69.9 Å². The van der Waals surface area contributed by atoms with Crippen molar-refractivity contribution in [1.82, 2.24) is 25.4 Å². The lowest BCUT2D eigenvalue weighted by molar-refractivity contribution is 0.0891. The van der Waals surface area contributed by atoms with E-state index in [-0.39, 0.29) is 24.0 Å². The summed E-state index contributed by atoms with van der Waals surface area (Å²) in [4.78, 5) is 15.3. The van der Waals surface area contributed by atoms with Crippen LogP contribution in [0.5, 0.6) is 0 Å². The molecule has 1 atom stereocenters. The molecule has 1 aromatic carbocycles. The van der Waals surface area contributed by atoms with Crippen molar-refractivity contribution >= 4 is 41.3 Å². The van der Waals surface area contributed by atoms with Gasteiger partial charge in [0.1, 0.15) is 0 Å². The molecule has 0 aliphatic carbocycles. The van der Waals surface area contributed by atoms with E-state index in [0.717, 1.165) is 64.5 Å². The average molecular weight is 557 g/mol. The van der Waals surface area contributed by atoms with Crippen molar-refractivity contribution in [2.24, 2.45) is 4.99 Å². The van der Waals surface area contributed by atoms with Gasteiger partial charge in [-0.2, -0.15) is 0 Å². The molecule has 2 heterocycles. The van der Waals surface area contributed by atoms with Crippen LogP contribution in [0, 0.1) is 0 Å². The molecular weight excluding hydrogens is 519 g/mol. The topological polar surface area (TPSA) is 55.8 Å². The van der Waals surface area contributed by atoms with Gasteiger partial charge in [0.25, 0.3) is 0 Å². The zero-order valence-corrected chi connectivity index (χ0v) is 22.2. The van der Waals surface area contributed by atoms with Crippen LogP contribution < -0.4 is 10.6 Å². The minimum absolute atomic E-state index is 0. The van der Waals surface area contributed by atoms with Crippen LogP contribution in [0.3, 0.4) is 0 Å². The number of rotatable bonds is 9. The standard InChI is InChI=1S/C23H36N6S.HI/c1-4-20-17-27-22(30-20)11-13-26-23(24-2)25-12-8-14-29-16-15-28(3)18-21(29)19-9-6-5-7-10-19;/h5-7,9-10,17,21H,4,8,11-16,18H2,1-3H3,(H2,24,25,26);1H. The fraction of sp³-hybridized carbons (Fsp3) is 0.565. The van der Waals surface area contributed by atoms with Crippen molar-refractivity contribution in [3.63, 3.8) is 0 Å². The number of halogens is 1. The second kappa shape index (κ2) is 14.0. The summed E-state index contributed by atoms with van der Waals surface area (Å²) in [5, 5.41) is 8.06. The second-order valence-corrected chi connectivity index (χ2v) is 9.03. The van der Waals surface area contributed by atoms with E-state index < -0.39 is 0 Å². The van der Waals surface area contributed by atoms with Crippen LogP contribution >= 0.6 is 35.3 Å². The number of aromatic nitrogens is 1. The van der Waals surface area contributed by atoms with Gasteiger partial charge in [0.15, 0.2) is 5.96 Å². The number of likely N-dealkylation sites (N-methyl/N-ethyl adjacent to an activating group) is 1. The summed E-state index contributed by atoms with van der Waals surface area (Å²) in [5.41, 5.74) is 1.42. The highest BCUT2D eigenvalue weighted by Gasteiger charge is 2.25. The number of aliphatic imine (C=N–C) groups is 1. The van der Waals surface area contributed by atoms with E-state index in [1.54, 1.807) is 0 Å². The van der Waals surface area contributed by atoms with Crippen LogP contribution in [-0.4, -0.2) is 74.1 Å². The van der Waals surface area contributed by atoms with E-state index in [4.69, 9.17) is 0 Å². The molecule has 1 fully saturated rings. The number of aryl methyl sites for hydroxylation is 1. The molecule has 8 heteroatoms. The SMILES string of the molecule is CCc1cnc(CCNC(=NC)NCCCN2CCN(C)CC2c2ccccc2)s1.I. The summed E-state index contributed by atoms with van der Waals surface area (Å²) in [6, 6.07) is 11.4. The van der Waals surface area contributed by atoms with E-state index in [1.165, 1.54) is 15.4 Å². The Morgan fingerprint density at radius 2 is 1.97 bits per heavy atom. The third kappa shape index (κ3) is 8.32. The molecule has 0 spiro atoms. The first kappa shape index (κ1) is 26.0. The van der Waals surface area contributed by atoms with Crippen molar-refractivity contribution in [3.05, 3.63) is 52.0 Å². The van der Waals surface area contributed by atoms with Gasteiger partial charge in [-0.1, -0.05) is 37.3 Å². The van der Waals surface area contributed by atoms with Gasteiger partial charge < -0.3 is 15.5 Å². The lowest BCUT2D eigenvalue weighted by atomic mass is 10.0. The molecule has 1 aliphatic heterocycles. The number of hydrogen-bond acceptors (Lipinski definition) is 5. The number of piperazine rings is 1. The first-order valence-corrected chi connectivity index (χ1v) is 11.9. The van der Waals surface area contributed by atoms with Gasteiger partial charge in [-0.3, -0.25) is 9.89 Å². The van der Waals surface area contributed by atoms with Crippen molar-refractivity contribution < 1.29 is 0 Å². The van der Waals surface area contributed by atoms with Crippen LogP contribution in [0.2, 0.25) is 0 Å². The number of guanidine groups is 1. The third-order valence-electron chi connectivity index (χ3n) is 5.60. The van der Waals surface area contributed by atoms with Gasteiger partial charge in [0.2, 0.25) is 0 Å². The highest BCUT2D eigenvalue weighted by atomic mass is 127. The maximum atomic E-state index is 4.48. The molecule has 172 valence electrons. The molecule has 1 aromatic heterocycles. The van der Waals surface area contributed by atoms with E-state index in [9.17, 15) is 0 Å². The summed E-state index contributed by atoms with van der Waals surface area (Å²) in [5.74, 6) is 0.875. The van der Waals surface area contributed by atoms with E-state index in [0.29, 0.717) is 6.04 Å². The van der Waals surface area contributed by atoms with Crippen LogP contribution in [-0.2, 0) is 12.8 Å². The first-order valence-electron chi connectivity index (χ1n) is 11.0. The van der Waals surface area contributed by atoms with Gasteiger partial charge >= 0.3 is 0 Å². The van der Waals surface area contributed by atoms with Gasteiger partial charge in [-0.05, 0) is 25.5 Å². The fourth-order valence-corrected chi connectivity index (χ4v) is 4.70. The lowest BCUT2D eigenvalue weighted by Gasteiger charge is -2.40. The quantitative estimate of drug-likeness (QED) is 0.215. The van der Waals surface area contributed by atoms with E-state index >= 15 is 0 Å². The van der Waals surface area contributed by atoms with Crippen LogP contribution in [0.4, 0.5) is 0 Å². The fourth-order valence-electron chi connectivity index (χ4n) is 3.84. The van der Waals surface area contributed by atoms with Crippen LogP contribution in [0.15, 0.2) is 41.5 Å². The monoisotopic (exact) mass is 556 g/mol. The number of thiazole rings is 1. The molecule has 1 saturated heterocycles. The van der Waals surface area contributed by atoms with Crippen molar-refractivity contribution in [2.75, 3.05) is 53.4 Å². The molecule has 0 radical (unpaired) electrons. The highest BCUT2D eigenvalue weighted by Crippen LogP contribution is 2.24. The number of hydrogen-bond donors (Lipinski definition) is 2. The Bertz CT molecular complexity index is 781. The highest BCUT2D eigenvalue weighted by molar-refractivity contribution is 14.0. The Morgan fingerprint density at radius 3 is 2.68 bits per heavy atom. The van der Waals surface area contributed by atoms with Crippen LogP contribution in [0.25, 0.3) is 0 Å². The maximum Gasteiger partial charge on any atom is 0.190 e. The molecule has 6 nitrogen and oxygen atoms in total. The summed E-state index contributed by atoms with van der Waals surface area (Å²) >= 11 is 1.81. The van der Waals surface area contributed by atoms with Gasteiger partial charge in [-0.25, -0.2) is 4.98 Å². The maximum absolute atomic E-state index is 4.48. The Balaban J connectivity index is 0.00000341. The smallest absolute Gasteiger partial charge is 0.190 e. The normalized spacial score (nSPS) is 17.9. The Hall–Kier alpha value is -1.23. The predicted octanol–water partition coefficient (Wildman–Crippen LogP) is 3.41. The predicted molar refractivity (Wildman–Crippen MR) is 143 cm³/mol. The van der Waals surface area contributed by atoms with Crippen molar-refractivity contribution in [1.29, 1.82) is 0 Å². The zero-order valence-electron chi connectivity index (χ0n) is 19.0. The van der Waals surface area contributed by atoms with E-state index in [2.05, 4.69) is 74.7 Å². The van der Waals surface area contributed by atoms with Gasteiger partial charge in [0.05, 0.1) is 5.01 Å². The second-order valence-electron chi connectivity index (χ2n) is 7.83. The molecule has 0 bridgehead atoms.